The van der Waals surface area contributed by atoms with Gasteiger partial charge in [0.1, 0.15) is 5.65 Å². The van der Waals surface area contributed by atoms with Crippen LogP contribution in [0.15, 0.2) is 102 Å². The summed E-state index contributed by atoms with van der Waals surface area (Å²) in [5.41, 5.74) is 14.0. The molecule has 3 heterocycles. The summed E-state index contributed by atoms with van der Waals surface area (Å²) in [7, 11) is 0. The zero-order valence-corrected chi connectivity index (χ0v) is 33.7. The van der Waals surface area contributed by atoms with Crippen LogP contribution in [0.3, 0.4) is 0 Å². The van der Waals surface area contributed by atoms with Crippen molar-refractivity contribution in [3.63, 3.8) is 0 Å². The molecule has 0 N–H and O–H groups in total. The van der Waals surface area contributed by atoms with E-state index in [0.717, 1.165) is 51.2 Å². The van der Waals surface area contributed by atoms with E-state index < -0.39 is 5.54 Å². The number of hydrogen-bond donors (Lipinski definition) is 0. The second-order valence-electron chi connectivity index (χ2n) is 15.4. The molecule has 266 valence electrons. The largest absolute Gasteiger partial charge is 2.00 e. The van der Waals surface area contributed by atoms with Crippen LogP contribution >= 0.6 is 0 Å². The van der Waals surface area contributed by atoms with Crippen molar-refractivity contribution in [1.82, 2.24) is 9.55 Å². The molecule has 0 fully saturated rings. The van der Waals surface area contributed by atoms with Gasteiger partial charge in [-0.15, -0.1) is 35.4 Å². The summed E-state index contributed by atoms with van der Waals surface area (Å²) >= 11 is 0. The van der Waals surface area contributed by atoms with Crippen molar-refractivity contribution in [3.05, 3.63) is 159 Å². The van der Waals surface area contributed by atoms with Crippen molar-refractivity contribution in [2.45, 2.75) is 72.9 Å². The van der Waals surface area contributed by atoms with Gasteiger partial charge in [0.25, 0.3) is 0 Å². The van der Waals surface area contributed by atoms with Crippen molar-refractivity contribution in [1.29, 1.82) is 0 Å². The van der Waals surface area contributed by atoms with Crippen molar-refractivity contribution < 1.29 is 25.8 Å². The van der Waals surface area contributed by atoms with Crippen molar-refractivity contribution in [2.75, 3.05) is 4.90 Å². The van der Waals surface area contributed by atoms with Gasteiger partial charge in [-0.1, -0.05) is 85.3 Å². The Labute approximate surface area is 326 Å². The zero-order valence-electron chi connectivity index (χ0n) is 31.5. The Balaban J connectivity index is 0.00000400. The summed E-state index contributed by atoms with van der Waals surface area (Å²) in [6.07, 6.45) is 2.72. The van der Waals surface area contributed by atoms with E-state index in [-0.39, 0.29) is 26.6 Å². The zero-order chi connectivity index (χ0) is 36.1. The van der Waals surface area contributed by atoms with E-state index in [1.54, 1.807) is 0 Å². The molecule has 0 unspecified atom stereocenters. The first-order valence-corrected chi connectivity index (χ1v) is 18.1. The fourth-order valence-electron chi connectivity index (χ4n) is 9.04. The van der Waals surface area contributed by atoms with Crippen LogP contribution in [0.2, 0.25) is 0 Å². The Hall–Kier alpha value is -4.99. The van der Waals surface area contributed by atoms with E-state index in [1.807, 2.05) is 24.4 Å². The number of fused-ring (bicyclic) bond motifs is 6. The van der Waals surface area contributed by atoms with Gasteiger partial charge in [-0.25, -0.2) is 4.98 Å². The first kappa shape index (κ1) is 35.1. The molecule has 1 aliphatic heterocycles. The number of benzene rings is 5. The number of aryl methyl sites for hydroxylation is 6. The van der Waals surface area contributed by atoms with Gasteiger partial charge in [0, 0.05) is 34.2 Å². The summed E-state index contributed by atoms with van der Waals surface area (Å²) in [5.74, 6) is 2.18. The normalized spacial score (nSPS) is 18.9. The van der Waals surface area contributed by atoms with Crippen LogP contribution in [0, 0.1) is 53.7 Å². The summed E-state index contributed by atoms with van der Waals surface area (Å²) in [6.45, 7) is 17.6. The number of ether oxygens (including phenoxy) is 1. The van der Waals surface area contributed by atoms with Crippen LogP contribution in [-0.2, 0) is 33.0 Å². The van der Waals surface area contributed by atoms with Gasteiger partial charge < -0.3 is 19.2 Å². The molecule has 0 spiro atoms. The van der Waals surface area contributed by atoms with Gasteiger partial charge in [-0.05, 0) is 94.5 Å². The molecule has 2 aromatic heterocycles. The third-order valence-electron chi connectivity index (χ3n) is 11.3. The molecule has 9 rings (SSSR count). The monoisotopic (exact) mass is 873 g/mol. The first-order chi connectivity index (χ1) is 24.9. The molecule has 6 heteroatoms. The Kier molecular flexibility index (Phi) is 8.31. The molecular formula is C47H42N4OPt. The average molecular weight is 874 g/mol. The molecule has 0 bridgehead atoms. The second-order valence-corrected chi connectivity index (χ2v) is 15.4. The van der Waals surface area contributed by atoms with Gasteiger partial charge in [0.15, 0.2) is 0 Å². The smallest absolute Gasteiger partial charge is 0.503 e. The maximum Gasteiger partial charge on any atom is 2.00 e. The van der Waals surface area contributed by atoms with Crippen LogP contribution in [0.25, 0.3) is 27.6 Å². The second kappa shape index (κ2) is 12.6. The van der Waals surface area contributed by atoms with Crippen LogP contribution < -0.4 is 9.64 Å². The average Bonchev–Trinajstić information content (AvgIpc) is 3.62. The summed E-state index contributed by atoms with van der Waals surface area (Å²) in [6, 6.07) is 39.8. The fourth-order valence-corrected chi connectivity index (χ4v) is 9.04. The SMILES string of the molecule is Cc1cc(Oc2[c-]c(-n3c4ccc(C)cc4c4cccnc43)cc(C)c2)[c-]c(C2=N[C@]3(C)Cc4ccccc4[C@]3(C)N2c2c(C)cc(C)cc2C)c1.[Pt+2]. The van der Waals surface area contributed by atoms with Crippen molar-refractivity contribution >= 4 is 33.5 Å². The van der Waals surface area contributed by atoms with E-state index in [4.69, 9.17) is 14.7 Å². The minimum absolute atomic E-state index is 0. The Morgan fingerprint density at radius 3 is 2.17 bits per heavy atom. The molecule has 0 saturated carbocycles. The number of amidine groups is 1. The number of aliphatic imine (C=N–C) groups is 1. The topological polar surface area (TPSA) is 42.6 Å². The van der Waals surface area contributed by atoms with Gasteiger partial charge in [-0.3, -0.25) is 0 Å². The molecular weight excluding hydrogens is 832 g/mol. The molecule has 0 saturated heterocycles. The van der Waals surface area contributed by atoms with Crippen LogP contribution in [0.1, 0.15) is 63.9 Å². The molecule has 1 aliphatic carbocycles. The number of pyridine rings is 1. The first-order valence-electron chi connectivity index (χ1n) is 18.1. The molecule has 53 heavy (non-hydrogen) atoms. The molecule has 0 radical (unpaired) electrons. The third-order valence-corrected chi connectivity index (χ3v) is 11.3. The van der Waals surface area contributed by atoms with E-state index in [9.17, 15) is 0 Å². The van der Waals surface area contributed by atoms with Gasteiger partial charge in [-0.2, -0.15) is 5.56 Å². The fraction of sp³-hybridized carbons (Fsp3) is 0.234. The molecule has 0 amide bonds. The van der Waals surface area contributed by atoms with Gasteiger partial charge in [0.2, 0.25) is 0 Å². The summed E-state index contributed by atoms with van der Waals surface area (Å²) in [4.78, 5) is 13.0. The predicted octanol–water partition coefficient (Wildman–Crippen LogP) is 10.9. The van der Waals surface area contributed by atoms with Crippen molar-refractivity contribution in [3.8, 4) is 17.2 Å². The van der Waals surface area contributed by atoms with Crippen LogP contribution in [0.4, 0.5) is 5.69 Å². The number of hydrogen-bond acceptors (Lipinski definition) is 4. The van der Waals surface area contributed by atoms with E-state index >= 15 is 0 Å². The van der Waals surface area contributed by atoms with E-state index in [1.165, 1.54) is 44.5 Å². The molecule has 5 nitrogen and oxygen atoms in total. The van der Waals surface area contributed by atoms with E-state index in [0.29, 0.717) is 11.5 Å². The van der Waals surface area contributed by atoms with Gasteiger partial charge in [0.05, 0.1) is 22.4 Å². The van der Waals surface area contributed by atoms with Gasteiger partial charge >= 0.3 is 21.1 Å². The third kappa shape index (κ3) is 5.38. The van der Waals surface area contributed by atoms with Crippen molar-refractivity contribution in [2.24, 2.45) is 4.99 Å². The summed E-state index contributed by atoms with van der Waals surface area (Å²) < 4.78 is 8.89. The predicted molar refractivity (Wildman–Crippen MR) is 213 cm³/mol. The minimum Gasteiger partial charge on any atom is -0.503 e. The van der Waals surface area contributed by atoms with Crippen LogP contribution in [0.5, 0.6) is 11.5 Å². The molecule has 7 aromatic rings. The number of nitrogens with zero attached hydrogens (tertiary/aromatic N) is 4. The Morgan fingerprint density at radius 1 is 0.698 bits per heavy atom. The number of rotatable bonds is 5. The quantitative estimate of drug-likeness (QED) is 0.162. The molecule has 2 atom stereocenters. The van der Waals surface area contributed by atoms with Crippen LogP contribution in [-0.4, -0.2) is 20.9 Å². The molecule has 2 aliphatic rings. The maximum atomic E-state index is 6.71. The standard InChI is InChI=1S/C47H42N4O.Pt/c1-28-15-16-42-40(24-28)39-13-11-17-48-45(39)50(42)36-21-31(4)23-38(26-36)52-37-22-30(3)20-35(25-37)44-49-46(7)27-34-12-9-10-14-41(34)47(46,8)51(44)43-32(5)18-29(2)19-33(43)6;/h9-24H,27H2,1-8H3;/q-2;+2/t46-,47+;/m1./s1. The van der Waals surface area contributed by atoms with E-state index in [2.05, 4.69) is 150 Å². The summed E-state index contributed by atoms with van der Waals surface area (Å²) in [5, 5.41) is 2.29. The molecule has 5 aromatic carbocycles. The minimum atomic E-state index is -0.392. The Morgan fingerprint density at radius 2 is 1.40 bits per heavy atom. The number of anilines is 1. The maximum absolute atomic E-state index is 6.71. The Bertz CT molecular complexity index is 2630. The number of aromatic nitrogens is 2.